The highest BCUT2D eigenvalue weighted by Gasteiger charge is 2.34. The smallest absolute Gasteiger partial charge is 0.326 e. The Bertz CT molecular complexity index is 277. The topological polar surface area (TPSA) is 86.7 Å². The summed E-state index contributed by atoms with van der Waals surface area (Å²) in [6.45, 7) is 1.60. The second kappa shape index (κ2) is 4.08. The predicted molar refractivity (Wildman–Crippen MR) is 46.6 cm³/mol. The number of nitrogens with one attached hydrogen (secondary N) is 1. The first-order chi connectivity index (χ1) is 6.52. The molecule has 6 heteroatoms. The Morgan fingerprint density at radius 1 is 1.43 bits per heavy atom. The second-order valence-corrected chi connectivity index (χ2v) is 3.18. The highest BCUT2D eigenvalue weighted by molar-refractivity contribution is 5.94. The second-order valence-electron chi connectivity index (χ2n) is 3.18. The molecule has 2 N–H and O–H groups in total. The van der Waals surface area contributed by atoms with Gasteiger partial charge in [0.15, 0.2) is 0 Å². The molecular weight excluding hydrogens is 188 g/mol. The molecule has 1 heterocycles. The molecule has 1 unspecified atom stereocenters. The Morgan fingerprint density at radius 2 is 2.07 bits per heavy atom. The molecule has 1 fully saturated rings. The lowest BCUT2D eigenvalue weighted by Crippen LogP contribution is -2.47. The summed E-state index contributed by atoms with van der Waals surface area (Å²) in [5, 5.41) is 10.8. The van der Waals surface area contributed by atoms with Crippen LogP contribution in [0.3, 0.4) is 0 Å². The molecule has 0 saturated carbocycles. The third kappa shape index (κ3) is 2.21. The first-order valence-corrected chi connectivity index (χ1v) is 4.33. The standard InChI is InChI=1S/C8H12N2O4/c1-5(11)9-8(14)10-4-2-3-6(10)7(12)13/h6H,2-4H2,1H3,(H,12,13)(H,9,11,14). The van der Waals surface area contributed by atoms with E-state index in [1.165, 1.54) is 11.8 Å². The van der Waals surface area contributed by atoms with Crippen molar-refractivity contribution in [3.63, 3.8) is 0 Å². The van der Waals surface area contributed by atoms with Crippen LogP contribution in [0.25, 0.3) is 0 Å². The van der Waals surface area contributed by atoms with Crippen molar-refractivity contribution in [3.05, 3.63) is 0 Å². The summed E-state index contributed by atoms with van der Waals surface area (Å²) in [4.78, 5) is 33.7. The average molecular weight is 200 g/mol. The van der Waals surface area contributed by atoms with Crippen LogP contribution in [0.1, 0.15) is 19.8 Å². The Balaban J connectivity index is 2.62. The Morgan fingerprint density at radius 3 is 2.57 bits per heavy atom. The SMILES string of the molecule is CC(=O)NC(=O)N1CCCC1C(=O)O. The first-order valence-electron chi connectivity index (χ1n) is 4.33. The number of carbonyl (C=O) groups is 3. The molecule has 0 radical (unpaired) electrons. The van der Waals surface area contributed by atoms with Gasteiger partial charge in [0.2, 0.25) is 5.91 Å². The van der Waals surface area contributed by atoms with Gasteiger partial charge in [0.05, 0.1) is 0 Å². The number of carboxylic acid groups (broad SMARTS) is 1. The van der Waals surface area contributed by atoms with Crippen LogP contribution >= 0.6 is 0 Å². The minimum Gasteiger partial charge on any atom is -0.480 e. The van der Waals surface area contributed by atoms with Crippen LogP contribution in [0.15, 0.2) is 0 Å². The van der Waals surface area contributed by atoms with Crippen molar-refractivity contribution in [1.29, 1.82) is 0 Å². The van der Waals surface area contributed by atoms with Crippen LogP contribution in [0.4, 0.5) is 4.79 Å². The molecule has 0 aliphatic carbocycles. The zero-order chi connectivity index (χ0) is 10.7. The number of hydrogen-bond donors (Lipinski definition) is 2. The molecule has 1 aliphatic heterocycles. The molecule has 0 aromatic heterocycles. The van der Waals surface area contributed by atoms with Crippen molar-refractivity contribution < 1.29 is 19.5 Å². The van der Waals surface area contributed by atoms with E-state index >= 15 is 0 Å². The zero-order valence-electron chi connectivity index (χ0n) is 7.82. The van der Waals surface area contributed by atoms with E-state index in [4.69, 9.17) is 5.11 Å². The van der Waals surface area contributed by atoms with Gasteiger partial charge in [-0.15, -0.1) is 0 Å². The third-order valence-electron chi connectivity index (χ3n) is 2.08. The maximum absolute atomic E-state index is 11.3. The van der Waals surface area contributed by atoms with E-state index in [-0.39, 0.29) is 0 Å². The van der Waals surface area contributed by atoms with Gasteiger partial charge in [-0.25, -0.2) is 9.59 Å². The van der Waals surface area contributed by atoms with Crippen LogP contribution < -0.4 is 5.32 Å². The molecule has 3 amide bonds. The molecule has 14 heavy (non-hydrogen) atoms. The van der Waals surface area contributed by atoms with Crippen LogP contribution in [-0.4, -0.2) is 40.5 Å². The predicted octanol–water partition coefficient (Wildman–Crippen LogP) is -0.208. The summed E-state index contributed by atoms with van der Waals surface area (Å²) in [6.07, 6.45) is 1.10. The maximum atomic E-state index is 11.3. The minimum atomic E-state index is -1.03. The van der Waals surface area contributed by atoms with E-state index in [1.807, 2.05) is 0 Å². The molecule has 1 aliphatic rings. The van der Waals surface area contributed by atoms with Crippen LogP contribution in [-0.2, 0) is 9.59 Å². The monoisotopic (exact) mass is 200 g/mol. The van der Waals surface area contributed by atoms with Crippen molar-refractivity contribution in [1.82, 2.24) is 10.2 Å². The fraction of sp³-hybridized carbons (Fsp3) is 0.625. The van der Waals surface area contributed by atoms with E-state index in [0.717, 1.165) is 0 Å². The fourth-order valence-electron chi connectivity index (χ4n) is 1.49. The number of likely N-dealkylation sites (tertiary alicyclic amines) is 1. The molecular formula is C8H12N2O4. The van der Waals surface area contributed by atoms with Gasteiger partial charge >= 0.3 is 12.0 Å². The van der Waals surface area contributed by atoms with Gasteiger partial charge < -0.3 is 10.0 Å². The summed E-state index contributed by atoms with van der Waals surface area (Å²) in [7, 11) is 0. The van der Waals surface area contributed by atoms with Crippen molar-refractivity contribution in [3.8, 4) is 0 Å². The molecule has 6 nitrogen and oxygen atoms in total. The molecule has 0 aromatic carbocycles. The lowest BCUT2D eigenvalue weighted by molar-refractivity contribution is -0.141. The summed E-state index contributed by atoms with van der Waals surface area (Å²) in [6, 6.07) is -1.42. The number of aliphatic carboxylic acids is 1. The van der Waals surface area contributed by atoms with E-state index in [0.29, 0.717) is 19.4 Å². The van der Waals surface area contributed by atoms with Crippen molar-refractivity contribution >= 4 is 17.9 Å². The normalized spacial score (nSPS) is 20.6. The van der Waals surface area contributed by atoms with Gasteiger partial charge in [0.1, 0.15) is 6.04 Å². The third-order valence-corrected chi connectivity index (χ3v) is 2.08. The van der Waals surface area contributed by atoms with Gasteiger partial charge in [-0.3, -0.25) is 10.1 Å². The largest absolute Gasteiger partial charge is 0.480 e. The number of nitrogens with zero attached hydrogens (tertiary/aromatic N) is 1. The van der Waals surface area contributed by atoms with Gasteiger partial charge in [0.25, 0.3) is 0 Å². The number of carbonyl (C=O) groups excluding carboxylic acids is 2. The molecule has 0 aromatic rings. The Kier molecular flexibility index (Phi) is 3.06. The molecule has 1 atom stereocenters. The van der Waals surface area contributed by atoms with E-state index < -0.39 is 23.9 Å². The molecule has 78 valence electrons. The first kappa shape index (κ1) is 10.5. The number of rotatable bonds is 1. The van der Waals surface area contributed by atoms with Crippen LogP contribution in [0, 0.1) is 0 Å². The van der Waals surface area contributed by atoms with Gasteiger partial charge in [-0.1, -0.05) is 0 Å². The average Bonchev–Trinajstić information content (AvgIpc) is 2.49. The number of carboxylic acids is 1. The minimum absolute atomic E-state index is 0.385. The van der Waals surface area contributed by atoms with E-state index in [9.17, 15) is 14.4 Å². The maximum Gasteiger partial charge on any atom is 0.326 e. The molecule has 1 rings (SSSR count). The lowest BCUT2D eigenvalue weighted by Gasteiger charge is -2.20. The number of hydrogen-bond acceptors (Lipinski definition) is 3. The number of urea groups is 1. The van der Waals surface area contributed by atoms with Gasteiger partial charge in [-0.05, 0) is 12.8 Å². The van der Waals surface area contributed by atoms with E-state index in [2.05, 4.69) is 5.32 Å². The van der Waals surface area contributed by atoms with Crippen LogP contribution in [0.5, 0.6) is 0 Å². The fourth-order valence-corrected chi connectivity index (χ4v) is 1.49. The van der Waals surface area contributed by atoms with Crippen molar-refractivity contribution in [2.24, 2.45) is 0 Å². The van der Waals surface area contributed by atoms with Crippen LogP contribution in [0.2, 0.25) is 0 Å². The summed E-state index contributed by atoms with van der Waals surface area (Å²) in [5.41, 5.74) is 0. The summed E-state index contributed by atoms with van der Waals surface area (Å²) in [5.74, 6) is -1.51. The summed E-state index contributed by atoms with van der Waals surface area (Å²) < 4.78 is 0. The summed E-state index contributed by atoms with van der Waals surface area (Å²) >= 11 is 0. The van der Waals surface area contributed by atoms with Crippen molar-refractivity contribution in [2.75, 3.05) is 6.54 Å². The zero-order valence-corrected chi connectivity index (χ0v) is 7.82. The molecule has 0 spiro atoms. The molecule has 0 bridgehead atoms. The number of amides is 3. The molecule has 1 saturated heterocycles. The van der Waals surface area contributed by atoms with Gasteiger partial charge in [0, 0.05) is 13.5 Å². The lowest BCUT2D eigenvalue weighted by atomic mass is 10.2. The number of imide groups is 1. The van der Waals surface area contributed by atoms with Crippen molar-refractivity contribution in [2.45, 2.75) is 25.8 Å². The highest BCUT2D eigenvalue weighted by atomic mass is 16.4. The Labute approximate surface area is 80.9 Å². The van der Waals surface area contributed by atoms with E-state index in [1.54, 1.807) is 0 Å². The van der Waals surface area contributed by atoms with Gasteiger partial charge in [-0.2, -0.15) is 0 Å². The Hall–Kier alpha value is -1.59. The quantitative estimate of drug-likeness (QED) is 0.613. The highest BCUT2D eigenvalue weighted by Crippen LogP contribution is 2.16.